The number of aryl methyl sites for hydroxylation is 1. The maximum absolute atomic E-state index is 8.81. The van der Waals surface area contributed by atoms with Crippen molar-refractivity contribution in [3.8, 4) is 6.07 Å². The molecule has 0 fully saturated rings. The van der Waals surface area contributed by atoms with Crippen LogP contribution in [0.4, 0.5) is 0 Å². The van der Waals surface area contributed by atoms with Crippen molar-refractivity contribution in [1.29, 1.82) is 5.26 Å². The first kappa shape index (κ1) is 8.27. The lowest BCUT2D eigenvalue weighted by Crippen LogP contribution is -1.94. The van der Waals surface area contributed by atoms with Gasteiger partial charge < -0.3 is 0 Å². The van der Waals surface area contributed by atoms with Crippen molar-refractivity contribution >= 4 is 21.6 Å². The molecule has 0 aliphatic carbocycles. The molecule has 0 amide bonds. The lowest BCUT2D eigenvalue weighted by atomic mass is 10.2. The molecule has 0 saturated carbocycles. The molecule has 0 aromatic carbocycles. The van der Waals surface area contributed by atoms with E-state index in [9.17, 15) is 0 Å². The molecule has 0 atom stereocenters. The zero-order valence-corrected chi connectivity index (χ0v) is 8.54. The van der Waals surface area contributed by atoms with Gasteiger partial charge in [0.1, 0.15) is 16.3 Å². The zero-order chi connectivity index (χ0) is 9.42. The highest BCUT2D eigenvalue weighted by atomic mass is 79.9. The van der Waals surface area contributed by atoms with E-state index in [-0.39, 0.29) is 0 Å². The molecule has 13 heavy (non-hydrogen) atoms. The third-order valence-corrected chi connectivity index (χ3v) is 2.55. The first-order chi connectivity index (χ1) is 6.24. The van der Waals surface area contributed by atoms with Crippen molar-refractivity contribution in [2.45, 2.75) is 6.92 Å². The Labute approximate surface area is 83.8 Å². The molecule has 2 aromatic heterocycles. The van der Waals surface area contributed by atoms with E-state index < -0.39 is 0 Å². The van der Waals surface area contributed by atoms with E-state index in [1.54, 1.807) is 12.3 Å². The fourth-order valence-corrected chi connectivity index (χ4v) is 1.86. The summed E-state index contributed by atoms with van der Waals surface area (Å²) < 4.78 is 2.77. The van der Waals surface area contributed by atoms with Crippen LogP contribution >= 0.6 is 15.9 Å². The third-order valence-electron chi connectivity index (χ3n) is 1.99. The summed E-state index contributed by atoms with van der Waals surface area (Å²) in [6, 6.07) is 5.75. The lowest BCUT2D eigenvalue weighted by Gasteiger charge is -2.02. The summed E-state index contributed by atoms with van der Waals surface area (Å²) in [5, 5.41) is 8.81. The van der Waals surface area contributed by atoms with Gasteiger partial charge in [-0.1, -0.05) is 0 Å². The molecule has 3 nitrogen and oxygen atoms in total. The Bertz CT molecular complexity index is 507. The van der Waals surface area contributed by atoms with E-state index in [1.165, 1.54) is 0 Å². The van der Waals surface area contributed by atoms with Crippen molar-refractivity contribution in [2.75, 3.05) is 0 Å². The van der Waals surface area contributed by atoms with Crippen LogP contribution in [0, 0.1) is 18.3 Å². The van der Waals surface area contributed by atoms with Gasteiger partial charge in [-0.25, -0.2) is 4.98 Å². The SMILES string of the molecule is Cc1c(C#N)ccc2ncc(Br)n12. The van der Waals surface area contributed by atoms with Crippen molar-refractivity contribution < 1.29 is 0 Å². The fourth-order valence-electron chi connectivity index (χ4n) is 1.31. The van der Waals surface area contributed by atoms with Crippen LogP contribution in [0.2, 0.25) is 0 Å². The van der Waals surface area contributed by atoms with Crippen LogP contribution in [0.5, 0.6) is 0 Å². The minimum absolute atomic E-state index is 0.672. The van der Waals surface area contributed by atoms with Crippen LogP contribution in [-0.2, 0) is 0 Å². The Hall–Kier alpha value is -1.34. The van der Waals surface area contributed by atoms with Crippen LogP contribution in [0.25, 0.3) is 5.65 Å². The first-order valence-electron chi connectivity index (χ1n) is 3.76. The van der Waals surface area contributed by atoms with Crippen LogP contribution in [0.3, 0.4) is 0 Å². The van der Waals surface area contributed by atoms with Gasteiger partial charge in [-0.2, -0.15) is 5.26 Å². The van der Waals surface area contributed by atoms with Gasteiger partial charge in [-0.05, 0) is 35.0 Å². The second kappa shape index (κ2) is 2.86. The molecule has 2 aromatic rings. The number of nitrogens with zero attached hydrogens (tertiary/aromatic N) is 3. The number of rotatable bonds is 0. The van der Waals surface area contributed by atoms with Gasteiger partial charge in [0.25, 0.3) is 0 Å². The quantitative estimate of drug-likeness (QED) is 0.704. The maximum Gasteiger partial charge on any atom is 0.137 e. The van der Waals surface area contributed by atoms with E-state index in [0.717, 1.165) is 15.9 Å². The summed E-state index contributed by atoms with van der Waals surface area (Å²) in [5.41, 5.74) is 2.43. The van der Waals surface area contributed by atoms with Crippen LogP contribution in [0.1, 0.15) is 11.3 Å². The molecule has 0 aliphatic heterocycles. The predicted molar refractivity (Wildman–Crippen MR) is 52.3 cm³/mol. The van der Waals surface area contributed by atoms with E-state index >= 15 is 0 Å². The summed E-state index contributed by atoms with van der Waals surface area (Å²) in [6.45, 7) is 1.90. The average molecular weight is 236 g/mol. The number of hydrogen-bond donors (Lipinski definition) is 0. The van der Waals surface area contributed by atoms with Gasteiger partial charge in [0.2, 0.25) is 0 Å². The molecule has 2 heterocycles. The average Bonchev–Trinajstić information content (AvgIpc) is 2.49. The Balaban J connectivity index is 2.93. The van der Waals surface area contributed by atoms with Crippen LogP contribution in [-0.4, -0.2) is 9.38 Å². The largest absolute Gasteiger partial charge is 0.290 e. The van der Waals surface area contributed by atoms with Gasteiger partial charge in [-0.3, -0.25) is 4.40 Å². The Morgan fingerprint density at radius 1 is 1.54 bits per heavy atom. The van der Waals surface area contributed by atoms with Crippen molar-refractivity contribution in [3.63, 3.8) is 0 Å². The maximum atomic E-state index is 8.81. The van der Waals surface area contributed by atoms with Crippen molar-refractivity contribution in [2.24, 2.45) is 0 Å². The van der Waals surface area contributed by atoms with E-state index in [2.05, 4.69) is 27.0 Å². The van der Waals surface area contributed by atoms with Gasteiger partial charge in [0.05, 0.1) is 11.8 Å². The molecule has 0 spiro atoms. The molecular formula is C9H6BrN3. The second-order valence-electron chi connectivity index (χ2n) is 2.72. The van der Waals surface area contributed by atoms with Crippen LogP contribution < -0.4 is 0 Å². The minimum atomic E-state index is 0.672. The Morgan fingerprint density at radius 2 is 2.31 bits per heavy atom. The first-order valence-corrected chi connectivity index (χ1v) is 4.56. The normalized spacial score (nSPS) is 10.2. The highest BCUT2D eigenvalue weighted by Crippen LogP contribution is 2.17. The number of fused-ring (bicyclic) bond motifs is 1. The molecule has 0 unspecified atom stereocenters. The standard InChI is InChI=1S/C9H6BrN3/c1-6-7(4-11)2-3-9-12-5-8(10)13(6)9/h2-3,5H,1H3. The van der Waals surface area contributed by atoms with E-state index in [0.29, 0.717) is 5.56 Å². The molecule has 0 bridgehead atoms. The zero-order valence-electron chi connectivity index (χ0n) is 6.95. The molecule has 0 aliphatic rings. The number of hydrogen-bond acceptors (Lipinski definition) is 2. The van der Waals surface area contributed by atoms with E-state index in [4.69, 9.17) is 5.26 Å². The monoisotopic (exact) mass is 235 g/mol. The molecular weight excluding hydrogens is 230 g/mol. The molecule has 2 rings (SSSR count). The van der Waals surface area contributed by atoms with Gasteiger partial charge in [0, 0.05) is 5.69 Å². The van der Waals surface area contributed by atoms with Crippen molar-refractivity contribution in [3.05, 3.63) is 34.2 Å². The fraction of sp³-hybridized carbons (Fsp3) is 0.111. The lowest BCUT2D eigenvalue weighted by molar-refractivity contribution is 1.06. The number of aromatic nitrogens is 2. The topological polar surface area (TPSA) is 41.1 Å². The highest BCUT2D eigenvalue weighted by molar-refractivity contribution is 9.10. The molecule has 64 valence electrons. The minimum Gasteiger partial charge on any atom is -0.290 e. The van der Waals surface area contributed by atoms with Crippen molar-refractivity contribution in [1.82, 2.24) is 9.38 Å². The van der Waals surface area contributed by atoms with Gasteiger partial charge >= 0.3 is 0 Å². The molecule has 4 heteroatoms. The summed E-state index contributed by atoms with van der Waals surface area (Å²) in [6.07, 6.45) is 1.73. The second-order valence-corrected chi connectivity index (χ2v) is 3.53. The molecule has 0 saturated heterocycles. The Morgan fingerprint density at radius 3 is 3.00 bits per heavy atom. The Kier molecular flexibility index (Phi) is 1.82. The summed E-state index contributed by atoms with van der Waals surface area (Å²) >= 11 is 3.37. The summed E-state index contributed by atoms with van der Waals surface area (Å²) in [4.78, 5) is 4.16. The molecule has 0 N–H and O–H groups in total. The van der Waals surface area contributed by atoms with Gasteiger partial charge in [-0.15, -0.1) is 0 Å². The van der Waals surface area contributed by atoms with Gasteiger partial charge in [0.15, 0.2) is 0 Å². The summed E-state index contributed by atoms with van der Waals surface area (Å²) in [5.74, 6) is 0. The predicted octanol–water partition coefficient (Wildman–Crippen LogP) is 2.28. The van der Waals surface area contributed by atoms with E-state index in [1.807, 2.05) is 17.4 Å². The number of pyridine rings is 1. The highest BCUT2D eigenvalue weighted by Gasteiger charge is 2.05. The number of halogens is 1. The number of imidazole rings is 1. The van der Waals surface area contributed by atoms with Crippen LogP contribution in [0.15, 0.2) is 22.9 Å². The smallest absolute Gasteiger partial charge is 0.137 e. The number of nitriles is 1. The molecule has 0 radical (unpaired) electrons. The summed E-state index contributed by atoms with van der Waals surface area (Å²) in [7, 11) is 0. The third kappa shape index (κ3) is 1.12.